The Morgan fingerprint density at radius 2 is 1.93 bits per heavy atom. The number of hydrogen-bond donors (Lipinski definition) is 0. The number of aromatic nitrogens is 2. The second kappa shape index (κ2) is 6.38. The number of furan rings is 1. The summed E-state index contributed by atoms with van der Waals surface area (Å²) in [7, 11) is 4.21. The first-order valence-electron chi connectivity index (χ1n) is 9.46. The summed E-state index contributed by atoms with van der Waals surface area (Å²) in [6.45, 7) is 2.31. The van der Waals surface area contributed by atoms with Crippen LogP contribution in [0.15, 0.2) is 65.3 Å². The minimum absolute atomic E-state index is 0.127. The van der Waals surface area contributed by atoms with Crippen molar-refractivity contribution in [2.24, 2.45) is 7.05 Å². The minimum Gasteiger partial charge on any atom is -0.436 e. The van der Waals surface area contributed by atoms with E-state index in [0.717, 1.165) is 16.0 Å². The quantitative estimate of drug-likeness (QED) is 0.399. The van der Waals surface area contributed by atoms with Crippen molar-refractivity contribution in [2.45, 2.75) is 6.92 Å². The first-order chi connectivity index (χ1) is 13.6. The van der Waals surface area contributed by atoms with Gasteiger partial charge < -0.3 is 9.23 Å². The van der Waals surface area contributed by atoms with E-state index in [4.69, 9.17) is 4.42 Å². The molecule has 0 bridgehead atoms. The molecule has 4 nitrogen and oxygen atoms in total. The van der Waals surface area contributed by atoms with Gasteiger partial charge in [-0.1, -0.05) is 36.3 Å². The number of nitrogens with zero attached hydrogens (tertiary/aromatic N) is 3. The van der Waals surface area contributed by atoms with Crippen molar-refractivity contribution < 1.29 is 8.98 Å². The number of fused-ring (bicyclic) bond motifs is 3. The van der Waals surface area contributed by atoms with Crippen LogP contribution in [-0.4, -0.2) is 23.7 Å². The Morgan fingerprint density at radius 1 is 1.11 bits per heavy atom. The maximum atomic E-state index is 5.93. The predicted molar refractivity (Wildman–Crippen MR) is 113 cm³/mol. The van der Waals surface area contributed by atoms with Gasteiger partial charge in [-0.25, -0.2) is 9.55 Å². The van der Waals surface area contributed by atoms with Gasteiger partial charge in [0.15, 0.2) is 17.2 Å². The lowest BCUT2D eigenvalue weighted by Crippen LogP contribution is -2.61. The molecular formula is C23H21BN3O+. The van der Waals surface area contributed by atoms with Gasteiger partial charge in [-0.15, -0.1) is 0 Å². The van der Waals surface area contributed by atoms with E-state index in [2.05, 4.69) is 96.2 Å². The molecule has 0 radical (unpaired) electrons. The number of pyridine rings is 2. The standard InChI is InChI=1S/C23H21BN3O/c1-16-12-22(26(2)14-20(16)17-8-5-4-6-9-17)24-13-19-18-10-7-11-25-23(18)28-21(19)15-27(24)3/h4-15H,1-3H3/q+1. The van der Waals surface area contributed by atoms with Gasteiger partial charge in [0.2, 0.25) is 5.71 Å². The van der Waals surface area contributed by atoms with Crippen LogP contribution in [0.3, 0.4) is 0 Å². The Balaban J connectivity index is 1.66. The fourth-order valence-electron chi connectivity index (χ4n) is 4.06. The fraction of sp³-hybridized carbons (Fsp3) is 0.130. The molecule has 0 amide bonds. The molecule has 1 aromatic carbocycles. The van der Waals surface area contributed by atoms with Gasteiger partial charge in [0.25, 0.3) is 0 Å². The average Bonchev–Trinajstić information content (AvgIpc) is 3.07. The summed E-state index contributed by atoms with van der Waals surface area (Å²) in [6, 6.07) is 16.9. The van der Waals surface area contributed by atoms with Crippen LogP contribution in [0.1, 0.15) is 5.56 Å². The van der Waals surface area contributed by atoms with E-state index >= 15 is 0 Å². The molecule has 4 aromatic rings. The van der Waals surface area contributed by atoms with E-state index in [0.29, 0.717) is 5.71 Å². The highest BCUT2D eigenvalue weighted by Gasteiger charge is 2.31. The van der Waals surface area contributed by atoms with Crippen LogP contribution in [0.2, 0.25) is 0 Å². The Bertz CT molecular complexity index is 1310. The second-order valence-electron chi connectivity index (χ2n) is 7.41. The third kappa shape index (κ3) is 2.62. The molecule has 5 rings (SSSR count). The zero-order valence-electron chi connectivity index (χ0n) is 16.3. The number of aryl methyl sites for hydroxylation is 2. The minimum atomic E-state index is 0.127. The van der Waals surface area contributed by atoms with Gasteiger partial charge in [-0.3, -0.25) is 0 Å². The molecule has 136 valence electrons. The first kappa shape index (κ1) is 16.8. The van der Waals surface area contributed by atoms with Gasteiger partial charge in [-0.2, -0.15) is 0 Å². The molecule has 0 saturated carbocycles. The van der Waals surface area contributed by atoms with E-state index in [-0.39, 0.29) is 6.85 Å². The Kier molecular flexibility index (Phi) is 3.83. The highest BCUT2D eigenvalue weighted by Crippen LogP contribution is 2.20. The maximum absolute atomic E-state index is 5.93. The van der Waals surface area contributed by atoms with Crippen molar-refractivity contribution in [3.05, 3.63) is 77.1 Å². The van der Waals surface area contributed by atoms with Gasteiger partial charge in [0, 0.05) is 34.6 Å². The van der Waals surface area contributed by atoms with Crippen LogP contribution in [0.4, 0.5) is 0 Å². The van der Waals surface area contributed by atoms with Crippen LogP contribution < -0.4 is 20.8 Å². The Hall–Kier alpha value is -3.34. The molecule has 5 heteroatoms. The second-order valence-corrected chi connectivity index (χ2v) is 7.41. The van der Waals surface area contributed by atoms with Gasteiger partial charge >= 0.3 is 6.85 Å². The molecule has 0 unspecified atom stereocenters. The summed E-state index contributed by atoms with van der Waals surface area (Å²) in [5, 5.41) is 2.18. The van der Waals surface area contributed by atoms with E-state index in [1.54, 1.807) is 6.20 Å². The molecular weight excluding hydrogens is 345 g/mol. The smallest absolute Gasteiger partial charge is 0.396 e. The van der Waals surface area contributed by atoms with Crippen molar-refractivity contribution in [2.75, 3.05) is 7.05 Å². The first-order valence-corrected chi connectivity index (χ1v) is 9.46. The molecule has 0 fully saturated rings. The highest BCUT2D eigenvalue weighted by atomic mass is 16.3. The molecule has 1 aliphatic rings. The largest absolute Gasteiger partial charge is 0.436 e. The molecule has 1 aliphatic heterocycles. The van der Waals surface area contributed by atoms with Gasteiger partial charge in [0.05, 0.1) is 0 Å². The lowest BCUT2D eigenvalue weighted by Gasteiger charge is -2.21. The van der Waals surface area contributed by atoms with Crippen molar-refractivity contribution >= 4 is 35.7 Å². The third-order valence-electron chi connectivity index (χ3n) is 5.52. The van der Waals surface area contributed by atoms with Gasteiger partial charge in [-0.05, 0) is 37.2 Å². The molecule has 0 atom stereocenters. The van der Waals surface area contributed by atoms with E-state index < -0.39 is 0 Å². The molecule has 0 saturated heterocycles. The molecule has 0 spiro atoms. The lowest BCUT2D eigenvalue weighted by molar-refractivity contribution is -0.653. The van der Waals surface area contributed by atoms with Crippen molar-refractivity contribution in [1.29, 1.82) is 0 Å². The summed E-state index contributed by atoms with van der Waals surface area (Å²) >= 11 is 0. The fourth-order valence-corrected chi connectivity index (χ4v) is 4.06. The van der Waals surface area contributed by atoms with Gasteiger partial charge in [0.1, 0.15) is 7.05 Å². The normalized spacial score (nSPS) is 13.2. The summed E-state index contributed by atoms with van der Waals surface area (Å²) in [5.74, 6) is 2.28. The van der Waals surface area contributed by atoms with Crippen LogP contribution >= 0.6 is 0 Å². The molecule has 0 aliphatic carbocycles. The third-order valence-corrected chi connectivity index (χ3v) is 5.52. The number of hydrogen-bond acceptors (Lipinski definition) is 3. The van der Waals surface area contributed by atoms with Crippen molar-refractivity contribution in [3.63, 3.8) is 0 Å². The zero-order chi connectivity index (χ0) is 19.3. The summed E-state index contributed by atoms with van der Waals surface area (Å²) in [5.41, 5.74) is 6.56. The van der Waals surface area contributed by atoms with Crippen LogP contribution in [0.5, 0.6) is 0 Å². The summed E-state index contributed by atoms with van der Waals surface area (Å²) in [6.07, 6.45) is 6.07. The lowest BCUT2D eigenvalue weighted by atomic mass is 9.55. The highest BCUT2D eigenvalue weighted by molar-refractivity contribution is 6.82. The Morgan fingerprint density at radius 3 is 2.75 bits per heavy atom. The molecule has 0 N–H and O–H groups in total. The number of benzene rings is 1. The molecule has 3 aromatic heterocycles. The molecule has 4 heterocycles. The average molecular weight is 366 g/mol. The van der Waals surface area contributed by atoms with Crippen LogP contribution in [-0.2, 0) is 7.05 Å². The molecule has 28 heavy (non-hydrogen) atoms. The summed E-state index contributed by atoms with van der Waals surface area (Å²) in [4.78, 5) is 6.55. The maximum Gasteiger partial charge on any atom is 0.396 e. The van der Waals surface area contributed by atoms with E-state index in [1.165, 1.54) is 22.3 Å². The number of rotatable bonds is 2. The monoisotopic (exact) mass is 366 g/mol. The van der Waals surface area contributed by atoms with E-state index in [1.807, 2.05) is 6.07 Å². The predicted octanol–water partition coefficient (Wildman–Crippen LogP) is 1.53. The van der Waals surface area contributed by atoms with Crippen LogP contribution in [0, 0.1) is 6.92 Å². The van der Waals surface area contributed by atoms with Crippen molar-refractivity contribution in [3.8, 4) is 11.1 Å². The summed E-state index contributed by atoms with van der Waals surface area (Å²) < 4.78 is 8.16. The Labute approximate surface area is 164 Å². The topological polar surface area (TPSA) is 33.2 Å². The zero-order valence-corrected chi connectivity index (χ0v) is 16.3. The van der Waals surface area contributed by atoms with Crippen LogP contribution in [0.25, 0.3) is 34.4 Å². The van der Waals surface area contributed by atoms with Crippen molar-refractivity contribution in [1.82, 2.24) is 9.79 Å². The van der Waals surface area contributed by atoms with E-state index in [9.17, 15) is 0 Å². The SMILES string of the molecule is Cc1cc(B2C=c3c(oc4ncccc34)=CN2C)[n+](C)cc1-c1ccccc1.